The molecule has 8 nitrogen and oxygen atoms in total. The Labute approximate surface area is 133 Å². The molecule has 5 atom stereocenters. The van der Waals surface area contributed by atoms with Gasteiger partial charge in [-0.2, -0.15) is 0 Å². The lowest BCUT2D eigenvalue weighted by molar-refractivity contribution is -0.157. The molecule has 1 fully saturated rings. The summed E-state index contributed by atoms with van der Waals surface area (Å²) in [5.41, 5.74) is 0. The van der Waals surface area contributed by atoms with Crippen LogP contribution in [0.5, 0.6) is 0 Å². The molecule has 0 amide bonds. The van der Waals surface area contributed by atoms with Crippen LogP contribution in [0.3, 0.4) is 0 Å². The van der Waals surface area contributed by atoms with Gasteiger partial charge in [0.05, 0.1) is 24.7 Å². The van der Waals surface area contributed by atoms with Crippen LogP contribution in [0.1, 0.15) is 39.0 Å². The van der Waals surface area contributed by atoms with E-state index in [4.69, 9.17) is 10.2 Å². The number of hydrogen-bond acceptors (Lipinski definition) is 4. The number of rotatable bonds is 8. The van der Waals surface area contributed by atoms with Gasteiger partial charge in [-0.1, -0.05) is 13.3 Å². The van der Waals surface area contributed by atoms with Gasteiger partial charge in [0, 0.05) is 0 Å². The van der Waals surface area contributed by atoms with Crippen LogP contribution in [0, 0.1) is 29.6 Å². The summed E-state index contributed by atoms with van der Waals surface area (Å²) in [6.45, 7) is 1.90. The molecule has 0 aliphatic heterocycles. The van der Waals surface area contributed by atoms with Crippen molar-refractivity contribution < 1.29 is 39.6 Å². The van der Waals surface area contributed by atoms with E-state index in [0.29, 0.717) is 19.3 Å². The Hall–Kier alpha value is -2.12. The Bertz CT molecular complexity index is 486. The van der Waals surface area contributed by atoms with Gasteiger partial charge in [0.2, 0.25) is 0 Å². The fraction of sp³-hybridized carbons (Fsp3) is 0.733. The SMILES string of the molecule is CC1CCC(C(CC(=O)O)C(=O)O)C(C(CC(=O)O)C(=O)O)C1. The third-order valence-electron chi connectivity index (χ3n) is 4.67. The molecule has 0 aromatic carbocycles. The van der Waals surface area contributed by atoms with Gasteiger partial charge in [0.1, 0.15) is 0 Å². The third kappa shape index (κ3) is 5.22. The van der Waals surface area contributed by atoms with E-state index in [2.05, 4.69) is 0 Å². The molecule has 0 radical (unpaired) electrons. The van der Waals surface area contributed by atoms with Gasteiger partial charge in [0.25, 0.3) is 0 Å². The van der Waals surface area contributed by atoms with Gasteiger partial charge in [0.15, 0.2) is 0 Å². The minimum atomic E-state index is -1.28. The monoisotopic (exact) mass is 330 g/mol. The predicted molar refractivity (Wildman–Crippen MR) is 76.8 cm³/mol. The third-order valence-corrected chi connectivity index (χ3v) is 4.67. The minimum absolute atomic E-state index is 0.145. The summed E-state index contributed by atoms with van der Waals surface area (Å²) in [5, 5.41) is 36.5. The average Bonchev–Trinajstić information content (AvgIpc) is 2.41. The van der Waals surface area contributed by atoms with E-state index in [9.17, 15) is 29.4 Å². The van der Waals surface area contributed by atoms with Gasteiger partial charge in [-0.05, 0) is 30.6 Å². The van der Waals surface area contributed by atoms with Crippen LogP contribution >= 0.6 is 0 Å². The van der Waals surface area contributed by atoms with E-state index in [1.54, 1.807) is 0 Å². The smallest absolute Gasteiger partial charge is 0.307 e. The Morgan fingerprint density at radius 1 is 0.826 bits per heavy atom. The number of aliphatic carboxylic acids is 4. The predicted octanol–water partition coefficient (Wildman–Crippen LogP) is 1.39. The van der Waals surface area contributed by atoms with Crippen molar-refractivity contribution in [3.05, 3.63) is 0 Å². The van der Waals surface area contributed by atoms with E-state index in [1.807, 2.05) is 6.92 Å². The highest BCUT2D eigenvalue weighted by molar-refractivity contribution is 5.79. The summed E-state index contributed by atoms with van der Waals surface area (Å²) >= 11 is 0. The molecule has 5 unspecified atom stereocenters. The summed E-state index contributed by atoms with van der Waals surface area (Å²) in [5.74, 6) is -8.68. The second-order valence-corrected chi connectivity index (χ2v) is 6.33. The highest BCUT2D eigenvalue weighted by Gasteiger charge is 2.44. The van der Waals surface area contributed by atoms with Crippen molar-refractivity contribution in [1.82, 2.24) is 0 Å². The molecule has 8 heteroatoms. The number of hydrogen-bond donors (Lipinski definition) is 4. The normalized spacial score (nSPS) is 26.9. The van der Waals surface area contributed by atoms with E-state index < -0.39 is 60.4 Å². The molecule has 4 N–H and O–H groups in total. The topological polar surface area (TPSA) is 149 Å². The lowest BCUT2D eigenvalue weighted by Crippen LogP contribution is -2.41. The fourth-order valence-electron chi connectivity index (χ4n) is 3.63. The molecule has 1 aliphatic rings. The molecule has 0 aromatic heterocycles. The van der Waals surface area contributed by atoms with Gasteiger partial charge >= 0.3 is 23.9 Å². The quantitative estimate of drug-likeness (QED) is 0.521. The molecule has 1 rings (SSSR count). The summed E-state index contributed by atoms with van der Waals surface area (Å²) in [7, 11) is 0. The van der Waals surface area contributed by atoms with Crippen LogP contribution in [-0.4, -0.2) is 44.3 Å². The van der Waals surface area contributed by atoms with E-state index in [0.717, 1.165) is 0 Å². The standard InChI is InChI=1S/C15H22O8/c1-7-2-3-8(10(14(20)21)5-12(16)17)9(4-7)11(15(22)23)6-13(18)19/h7-11H,2-6H2,1H3,(H,16,17)(H,18,19)(H,20,21)(H,22,23). The molecule has 1 saturated carbocycles. The molecule has 0 saturated heterocycles. The van der Waals surface area contributed by atoms with Crippen LogP contribution < -0.4 is 0 Å². The Balaban J connectivity index is 3.13. The molecule has 0 bridgehead atoms. The number of carboxylic acid groups (broad SMARTS) is 4. The lowest BCUT2D eigenvalue weighted by Gasteiger charge is -2.40. The highest BCUT2D eigenvalue weighted by Crippen LogP contribution is 2.44. The second kappa shape index (κ2) is 7.94. The first-order valence-corrected chi connectivity index (χ1v) is 7.52. The van der Waals surface area contributed by atoms with Gasteiger partial charge < -0.3 is 20.4 Å². The Kier molecular flexibility index (Phi) is 6.53. The van der Waals surface area contributed by atoms with Gasteiger partial charge in [-0.25, -0.2) is 0 Å². The van der Waals surface area contributed by atoms with Crippen molar-refractivity contribution in [2.45, 2.75) is 39.0 Å². The molecule has 23 heavy (non-hydrogen) atoms. The van der Waals surface area contributed by atoms with Gasteiger partial charge in [-0.3, -0.25) is 19.2 Å². The average molecular weight is 330 g/mol. The summed E-state index contributed by atoms with van der Waals surface area (Å²) in [6, 6.07) is 0. The van der Waals surface area contributed by atoms with E-state index in [-0.39, 0.29) is 5.92 Å². The van der Waals surface area contributed by atoms with Crippen molar-refractivity contribution in [1.29, 1.82) is 0 Å². The van der Waals surface area contributed by atoms with Crippen LogP contribution in [0.25, 0.3) is 0 Å². The molecule has 0 spiro atoms. The largest absolute Gasteiger partial charge is 0.481 e. The zero-order chi connectivity index (χ0) is 17.7. The Morgan fingerprint density at radius 2 is 1.26 bits per heavy atom. The maximum Gasteiger partial charge on any atom is 0.307 e. The molecule has 0 aromatic rings. The number of carbonyl (C=O) groups is 4. The number of carboxylic acids is 4. The fourth-order valence-corrected chi connectivity index (χ4v) is 3.63. The van der Waals surface area contributed by atoms with Crippen molar-refractivity contribution >= 4 is 23.9 Å². The zero-order valence-corrected chi connectivity index (χ0v) is 12.8. The summed E-state index contributed by atoms with van der Waals surface area (Å²) < 4.78 is 0. The van der Waals surface area contributed by atoms with Crippen LogP contribution in [-0.2, 0) is 19.2 Å². The van der Waals surface area contributed by atoms with Crippen molar-refractivity contribution in [2.75, 3.05) is 0 Å². The minimum Gasteiger partial charge on any atom is -0.481 e. The summed E-state index contributed by atoms with van der Waals surface area (Å²) in [6.07, 6.45) is 0.259. The molecular weight excluding hydrogens is 308 g/mol. The summed E-state index contributed by atoms with van der Waals surface area (Å²) in [4.78, 5) is 44.8. The molecule has 0 heterocycles. The second-order valence-electron chi connectivity index (χ2n) is 6.33. The van der Waals surface area contributed by atoms with E-state index >= 15 is 0 Å². The molecule has 1 aliphatic carbocycles. The molecular formula is C15H22O8. The highest BCUT2D eigenvalue weighted by atomic mass is 16.4. The lowest BCUT2D eigenvalue weighted by atomic mass is 9.63. The first kappa shape index (κ1) is 18.9. The maximum atomic E-state index is 11.5. The Morgan fingerprint density at radius 3 is 1.65 bits per heavy atom. The van der Waals surface area contributed by atoms with Gasteiger partial charge in [-0.15, -0.1) is 0 Å². The van der Waals surface area contributed by atoms with E-state index in [1.165, 1.54) is 0 Å². The molecule has 130 valence electrons. The first-order valence-electron chi connectivity index (χ1n) is 7.52. The zero-order valence-electron chi connectivity index (χ0n) is 12.8. The maximum absolute atomic E-state index is 11.5. The van der Waals surface area contributed by atoms with Crippen LogP contribution in [0.2, 0.25) is 0 Å². The van der Waals surface area contributed by atoms with Crippen molar-refractivity contribution in [2.24, 2.45) is 29.6 Å². The van der Waals surface area contributed by atoms with Crippen LogP contribution in [0.15, 0.2) is 0 Å². The van der Waals surface area contributed by atoms with Crippen molar-refractivity contribution in [3.8, 4) is 0 Å². The van der Waals surface area contributed by atoms with Crippen LogP contribution in [0.4, 0.5) is 0 Å². The van der Waals surface area contributed by atoms with Crippen molar-refractivity contribution in [3.63, 3.8) is 0 Å². The first-order chi connectivity index (χ1) is 10.6.